The second-order valence-corrected chi connectivity index (χ2v) is 5.00. The molecule has 0 radical (unpaired) electrons. The molecule has 2 heterocycles. The van der Waals surface area contributed by atoms with E-state index < -0.39 is 0 Å². The summed E-state index contributed by atoms with van der Waals surface area (Å²) in [5.74, 6) is 1.22. The third-order valence-corrected chi connectivity index (χ3v) is 3.39. The lowest BCUT2D eigenvalue weighted by atomic mass is 10.3. The SMILES string of the molecule is c1ccc(NCCCc2nc(-c3cscn3)no2)cc1. The van der Waals surface area contributed by atoms with Gasteiger partial charge in [0.1, 0.15) is 5.69 Å². The predicted octanol–water partition coefficient (Wildman–Crippen LogP) is 3.24. The average molecular weight is 286 g/mol. The first-order chi connectivity index (χ1) is 9.92. The summed E-state index contributed by atoms with van der Waals surface area (Å²) in [6.45, 7) is 0.873. The molecule has 1 N–H and O–H groups in total. The van der Waals surface area contributed by atoms with Crippen LogP contribution in [0.25, 0.3) is 11.5 Å². The molecule has 0 aliphatic carbocycles. The quantitative estimate of drug-likeness (QED) is 0.705. The number of benzene rings is 1. The molecule has 0 aliphatic rings. The number of thiazole rings is 1. The van der Waals surface area contributed by atoms with Gasteiger partial charge in [-0.3, -0.25) is 0 Å². The number of aryl methyl sites for hydroxylation is 1. The zero-order valence-electron chi connectivity index (χ0n) is 10.8. The molecule has 0 aliphatic heterocycles. The lowest BCUT2D eigenvalue weighted by Crippen LogP contribution is -2.02. The zero-order chi connectivity index (χ0) is 13.6. The van der Waals surface area contributed by atoms with E-state index in [2.05, 4.69) is 20.4 Å². The van der Waals surface area contributed by atoms with Crippen molar-refractivity contribution in [2.24, 2.45) is 0 Å². The second kappa shape index (κ2) is 6.29. The van der Waals surface area contributed by atoms with Gasteiger partial charge < -0.3 is 9.84 Å². The molecule has 0 bridgehead atoms. The van der Waals surface area contributed by atoms with Crippen LogP contribution in [0.15, 0.2) is 45.7 Å². The Labute approximate surface area is 120 Å². The van der Waals surface area contributed by atoms with Gasteiger partial charge >= 0.3 is 0 Å². The van der Waals surface area contributed by atoms with Crippen LogP contribution in [-0.4, -0.2) is 21.7 Å². The van der Waals surface area contributed by atoms with Gasteiger partial charge in [-0.2, -0.15) is 4.98 Å². The van der Waals surface area contributed by atoms with Crippen LogP contribution >= 0.6 is 11.3 Å². The monoisotopic (exact) mass is 286 g/mol. The molecule has 1 aromatic carbocycles. The summed E-state index contributed by atoms with van der Waals surface area (Å²) < 4.78 is 5.22. The van der Waals surface area contributed by atoms with Gasteiger partial charge in [-0.15, -0.1) is 11.3 Å². The van der Waals surface area contributed by atoms with Crippen LogP contribution in [0.2, 0.25) is 0 Å². The molecule has 5 nitrogen and oxygen atoms in total. The summed E-state index contributed by atoms with van der Waals surface area (Å²) in [7, 11) is 0. The van der Waals surface area contributed by atoms with Crippen LogP contribution in [0.4, 0.5) is 5.69 Å². The second-order valence-electron chi connectivity index (χ2n) is 4.28. The van der Waals surface area contributed by atoms with Gasteiger partial charge in [0.05, 0.1) is 5.51 Å². The first-order valence-electron chi connectivity index (χ1n) is 6.42. The number of hydrogen-bond donors (Lipinski definition) is 1. The average Bonchev–Trinajstić information content (AvgIpc) is 3.15. The topological polar surface area (TPSA) is 63.8 Å². The highest BCUT2D eigenvalue weighted by molar-refractivity contribution is 7.07. The maximum absolute atomic E-state index is 5.22. The number of para-hydroxylation sites is 1. The zero-order valence-corrected chi connectivity index (χ0v) is 11.6. The fourth-order valence-electron chi connectivity index (χ4n) is 1.81. The summed E-state index contributed by atoms with van der Waals surface area (Å²) in [5.41, 5.74) is 3.66. The van der Waals surface area contributed by atoms with E-state index in [0.29, 0.717) is 11.7 Å². The van der Waals surface area contributed by atoms with Gasteiger partial charge in [0.15, 0.2) is 0 Å². The molecule has 2 aromatic heterocycles. The van der Waals surface area contributed by atoms with Crippen molar-refractivity contribution in [1.29, 1.82) is 0 Å². The highest BCUT2D eigenvalue weighted by Crippen LogP contribution is 2.15. The Hall–Kier alpha value is -2.21. The van der Waals surface area contributed by atoms with E-state index in [0.717, 1.165) is 30.8 Å². The third kappa shape index (κ3) is 3.21. The van der Waals surface area contributed by atoms with Crippen molar-refractivity contribution in [3.8, 4) is 11.5 Å². The van der Waals surface area contributed by atoms with E-state index in [1.54, 1.807) is 5.51 Å². The minimum absolute atomic E-state index is 0.567. The summed E-state index contributed by atoms with van der Waals surface area (Å²) in [4.78, 5) is 8.49. The minimum atomic E-state index is 0.567. The molecule has 3 rings (SSSR count). The first-order valence-corrected chi connectivity index (χ1v) is 7.36. The highest BCUT2D eigenvalue weighted by Gasteiger charge is 2.09. The Morgan fingerprint density at radius 3 is 2.90 bits per heavy atom. The Morgan fingerprint density at radius 1 is 1.20 bits per heavy atom. The van der Waals surface area contributed by atoms with E-state index in [1.807, 2.05) is 35.7 Å². The fourth-order valence-corrected chi connectivity index (χ4v) is 2.34. The molecule has 3 aromatic rings. The van der Waals surface area contributed by atoms with Gasteiger partial charge in [0.25, 0.3) is 0 Å². The number of hydrogen-bond acceptors (Lipinski definition) is 6. The standard InChI is InChI=1S/C14H14N4OS/c1-2-5-11(6-3-1)15-8-4-7-13-17-14(18-19-13)12-9-20-10-16-12/h1-3,5-6,9-10,15H,4,7-8H2. The van der Waals surface area contributed by atoms with Crippen molar-refractivity contribution in [2.45, 2.75) is 12.8 Å². The first kappa shape index (κ1) is 12.8. The molecule has 102 valence electrons. The molecule has 0 saturated heterocycles. The summed E-state index contributed by atoms with van der Waals surface area (Å²) in [6, 6.07) is 10.1. The Morgan fingerprint density at radius 2 is 2.10 bits per heavy atom. The number of nitrogens with one attached hydrogen (secondary N) is 1. The van der Waals surface area contributed by atoms with Crippen LogP contribution in [0, 0.1) is 0 Å². The predicted molar refractivity (Wildman–Crippen MR) is 78.7 cm³/mol. The molecule has 6 heteroatoms. The van der Waals surface area contributed by atoms with Crippen molar-refractivity contribution in [3.05, 3.63) is 47.1 Å². The molecule has 20 heavy (non-hydrogen) atoms. The van der Waals surface area contributed by atoms with Crippen molar-refractivity contribution < 1.29 is 4.52 Å². The number of aromatic nitrogens is 3. The normalized spacial score (nSPS) is 10.6. The van der Waals surface area contributed by atoms with Crippen molar-refractivity contribution >= 4 is 17.0 Å². The Balaban J connectivity index is 1.47. The summed E-state index contributed by atoms with van der Waals surface area (Å²) in [5, 5.41) is 9.19. The highest BCUT2D eigenvalue weighted by atomic mass is 32.1. The summed E-state index contributed by atoms with van der Waals surface area (Å²) in [6.07, 6.45) is 1.70. The van der Waals surface area contributed by atoms with Gasteiger partial charge in [0.2, 0.25) is 11.7 Å². The Kier molecular flexibility index (Phi) is 4.03. The van der Waals surface area contributed by atoms with Crippen LogP contribution in [0.5, 0.6) is 0 Å². The molecular weight excluding hydrogens is 272 g/mol. The van der Waals surface area contributed by atoms with E-state index in [1.165, 1.54) is 11.3 Å². The molecule has 0 saturated carbocycles. The maximum atomic E-state index is 5.22. The van der Waals surface area contributed by atoms with Crippen LogP contribution in [-0.2, 0) is 6.42 Å². The lowest BCUT2D eigenvalue weighted by molar-refractivity contribution is 0.377. The minimum Gasteiger partial charge on any atom is -0.385 e. The fraction of sp³-hybridized carbons (Fsp3) is 0.214. The molecular formula is C14H14N4OS. The maximum Gasteiger partial charge on any atom is 0.227 e. The van der Waals surface area contributed by atoms with Gasteiger partial charge in [-0.25, -0.2) is 4.98 Å². The van der Waals surface area contributed by atoms with Gasteiger partial charge in [-0.05, 0) is 18.6 Å². The van der Waals surface area contributed by atoms with E-state index in [-0.39, 0.29) is 0 Å². The van der Waals surface area contributed by atoms with Crippen LogP contribution in [0.1, 0.15) is 12.3 Å². The lowest BCUT2D eigenvalue weighted by Gasteiger charge is -2.03. The Bertz CT molecular complexity index is 636. The number of nitrogens with zero attached hydrogens (tertiary/aromatic N) is 3. The van der Waals surface area contributed by atoms with Crippen molar-refractivity contribution in [2.75, 3.05) is 11.9 Å². The molecule has 0 fully saturated rings. The third-order valence-electron chi connectivity index (χ3n) is 2.80. The molecule has 0 atom stereocenters. The van der Waals surface area contributed by atoms with E-state index in [9.17, 15) is 0 Å². The van der Waals surface area contributed by atoms with E-state index >= 15 is 0 Å². The molecule has 0 amide bonds. The van der Waals surface area contributed by atoms with Gasteiger partial charge in [-0.1, -0.05) is 23.4 Å². The molecule has 0 unspecified atom stereocenters. The molecule has 0 spiro atoms. The van der Waals surface area contributed by atoms with Gasteiger partial charge in [0, 0.05) is 24.0 Å². The number of rotatable bonds is 6. The largest absolute Gasteiger partial charge is 0.385 e. The van der Waals surface area contributed by atoms with E-state index in [4.69, 9.17) is 4.52 Å². The van der Waals surface area contributed by atoms with Crippen molar-refractivity contribution in [3.63, 3.8) is 0 Å². The number of anilines is 1. The van der Waals surface area contributed by atoms with Crippen molar-refractivity contribution in [1.82, 2.24) is 15.1 Å². The van der Waals surface area contributed by atoms with Crippen LogP contribution in [0.3, 0.4) is 0 Å². The smallest absolute Gasteiger partial charge is 0.227 e. The van der Waals surface area contributed by atoms with Crippen LogP contribution < -0.4 is 5.32 Å². The summed E-state index contributed by atoms with van der Waals surface area (Å²) >= 11 is 1.52.